The van der Waals surface area contributed by atoms with Crippen LogP contribution in [0.3, 0.4) is 0 Å². The van der Waals surface area contributed by atoms with Crippen molar-refractivity contribution in [3.8, 4) is 11.3 Å². The van der Waals surface area contributed by atoms with Gasteiger partial charge in [-0.25, -0.2) is 4.52 Å². The molecule has 150 valence electrons. The second-order valence-corrected chi connectivity index (χ2v) is 6.66. The molecule has 0 saturated heterocycles. The number of rotatable bonds is 5. The molecule has 2 aromatic heterocycles. The van der Waals surface area contributed by atoms with E-state index in [1.165, 1.54) is 6.92 Å². The molecule has 3 N–H and O–H groups in total. The first-order valence-corrected chi connectivity index (χ1v) is 9.36. The molecule has 30 heavy (non-hydrogen) atoms. The monoisotopic (exact) mass is 400 g/mol. The second kappa shape index (κ2) is 8.04. The van der Waals surface area contributed by atoms with E-state index in [-0.39, 0.29) is 11.8 Å². The fourth-order valence-electron chi connectivity index (χ4n) is 3.11. The number of amides is 2. The summed E-state index contributed by atoms with van der Waals surface area (Å²) in [5, 5.41) is 13.1. The maximum absolute atomic E-state index is 11.7. The van der Waals surface area contributed by atoms with E-state index in [2.05, 4.69) is 26.0 Å². The Labute approximate surface area is 173 Å². The Morgan fingerprint density at radius 2 is 1.70 bits per heavy atom. The second-order valence-electron chi connectivity index (χ2n) is 6.66. The lowest BCUT2D eigenvalue weighted by molar-refractivity contribution is -0.114. The molecule has 4 aromatic rings. The maximum atomic E-state index is 11.7. The van der Waals surface area contributed by atoms with Gasteiger partial charge >= 0.3 is 0 Å². The van der Waals surface area contributed by atoms with Crippen LogP contribution in [0.25, 0.3) is 16.9 Å². The molecule has 0 bridgehead atoms. The van der Waals surface area contributed by atoms with Crippen LogP contribution in [0.15, 0.2) is 66.7 Å². The first-order valence-electron chi connectivity index (χ1n) is 9.36. The molecule has 0 spiro atoms. The third-order valence-corrected chi connectivity index (χ3v) is 4.47. The highest BCUT2D eigenvalue weighted by Gasteiger charge is 2.10. The van der Waals surface area contributed by atoms with Crippen molar-refractivity contribution in [1.29, 1.82) is 0 Å². The van der Waals surface area contributed by atoms with Gasteiger partial charge in [-0.15, -0.1) is 5.10 Å². The van der Waals surface area contributed by atoms with Gasteiger partial charge in [0, 0.05) is 36.5 Å². The van der Waals surface area contributed by atoms with Crippen molar-refractivity contribution in [3.05, 3.63) is 72.3 Å². The molecule has 2 heterocycles. The number of carbonyl (C=O) groups excluding carboxylic acids is 2. The maximum Gasteiger partial charge on any atom is 0.251 e. The quantitative estimate of drug-likeness (QED) is 0.476. The number of carbonyl (C=O) groups is 2. The van der Waals surface area contributed by atoms with Gasteiger partial charge in [-0.2, -0.15) is 4.98 Å². The smallest absolute Gasteiger partial charge is 0.251 e. The zero-order valence-electron chi connectivity index (χ0n) is 16.5. The highest BCUT2D eigenvalue weighted by molar-refractivity contribution is 5.94. The molecule has 4 rings (SSSR count). The lowest BCUT2D eigenvalue weighted by Gasteiger charge is -2.07. The van der Waals surface area contributed by atoms with E-state index in [4.69, 9.17) is 0 Å². The minimum atomic E-state index is -0.140. The number of benzene rings is 2. The summed E-state index contributed by atoms with van der Waals surface area (Å²) < 4.78 is 1.74. The Balaban J connectivity index is 1.64. The molecule has 8 nitrogen and oxygen atoms in total. The highest BCUT2D eigenvalue weighted by Crippen LogP contribution is 2.24. The average Bonchev–Trinajstić information content (AvgIpc) is 3.16. The van der Waals surface area contributed by atoms with E-state index >= 15 is 0 Å². The minimum Gasteiger partial charge on any atom is -0.355 e. The van der Waals surface area contributed by atoms with Crippen molar-refractivity contribution in [2.24, 2.45) is 0 Å². The number of pyridine rings is 1. The molecule has 2 aromatic carbocycles. The number of anilines is 3. The van der Waals surface area contributed by atoms with Crippen LogP contribution in [0.2, 0.25) is 0 Å². The number of aromatic nitrogens is 3. The summed E-state index contributed by atoms with van der Waals surface area (Å²) in [4.78, 5) is 27.6. The number of fused-ring (bicyclic) bond motifs is 1. The summed E-state index contributed by atoms with van der Waals surface area (Å²) in [5.74, 6) is 0.173. The zero-order valence-corrected chi connectivity index (χ0v) is 16.5. The van der Waals surface area contributed by atoms with E-state index in [0.717, 1.165) is 16.9 Å². The third kappa shape index (κ3) is 3.97. The van der Waals surface area contributed by atoms with Crippen LogP contribution in [0.5, 0.6) is 0 Å². The molecule has 0 aliphatic heterocycles. The van der Waals surface area contributed by atoms with E-state index in [9.17, 15) is 9.59 Å². The van der Waals surface area contributed by atoms with Crippen LogP contribution in [0, 0.1) is 0 Å². The van der Waals surface area contributed by atoms with Crippen molar-refractivity contribution in [2.75, 3.05) is 17.7 Å². The fourth-order valence-corrected chi connectivity index (χ4v) is 3.11. The van der Waals surface area contributed by atoms with E-state index in [1.807, 2.05) is 42.5 Å². The molecule has 0 atom stereocenters. The molecular weight excluding hydrogens is 380 g/mol. The SMILES string of the molecule is CNC(=O)c1ccc(Nc2nc3cccc(-c4cccc(NC(C)=O)c4)n3n2)cc1. The van der Waals surface area contributed by atoms with Crippen LogP contribution >= 0.6 is 0 Å². The van der Waals surface area contributed by atoms with Gasteiger partial charge in [0.25, 0.3) is 5.91 Å². The Morgan fingerprint density at radius 1 is 0.933 bits per heavy atom. The molecule has 8 heteroatoms. The number of nitrogens with one attached hydrogen (secondary N) is 3. The topological polar surface area (TPSA) is 100 Å². The van der Waals surface area contributed by atoms with Gasteiger partial charge < -0.3 is 16.0 Å². The molecule has 0 unspecified atom stereocenters. The molecule has 0 aliphatic carbocycles. The first-order chi connectivity index (χ1) is 14.5. The fraction of sp³-hybridized carbons (Fsp3) is 0.0909. The van der Waals surface area contributed by atoms with Gasteiger partial charge in [0.1, 0.15) is 0 Å². The summed E-state index contributed by atoms with van der Waals surface area (Å²) in [6.07, 6.45) is 0. The van der Waals surface area contributed by atoms with Gasteiger partial charge in [0.2, 0.25) is 11.9 Å². The Hall–Kier alpha value is -4.20. The van der Waals surface area contributed by atoms with Crippen molar-refractivity contribution >= 4 is 34.8 Å². The molecule has 2 amide bonds. The number of nitrogens with zero attached hydrogens (tertiary/aromatic N) is 3. The van der Waals surface area contributed by atoms with Crippen LogP contribution in [0.4, 0.5) is 17.3 Å². The molecule has 0 fully saturated rings. The van der Waals surface area contributed by atoms with Crippen molar-refractivity contribution in [2.45, 2.75) is 6.92 Å². The predicted octanol–water partition coefficient (Wildman–Crippen LogP) is 3.46. The van der Waals surface area contributed by atoms with Gasteiger partial charge in [0.05, 0.1) is 5.69 Å². The Bertz CT molecular complexity index is 1230. The number of hydrogen-bond donors (Lipinski definition) is 3. The first kappa shape index (κ1) is 19.1. The Morgan fingerprint density at radius 3 is 2.43 bits per heavy atom. The van der Waals surface area contributed by atoms with E-state index in [0.29, 0.717) is 22.8 Å². The zero-order chi connectivity index (χ0) is 21.1. The van der Waals surface area contributed by atoms with E-state index < -0.39 is 0 Å². The lowest BCUT2D eigenvalue weighted by Crippen LogP contribution is -2.17. The van der Waals surface area contributed by atoms with Gasteiger partial charge in [-0.05, 0) is 48.5 Å². The molecule has 0 saturated carbocycles. The third-order valence-electron chi connectivity index (χ3n) is 4.47. The largest absolute Gasteiger partial charge is 0.355 e. The van der Waals surface area contributed by atoms with Crippen LogP contribution < -0.4 is 16.0 Å². The lowest BCUT2D eigenvalue weighted by atomic mass is 10.1. The van der Waals surface area contributed by atoms with Crippen LogP contribution in [-0.2, 0) is 4.79 Å². The van der Waals surface area contributed by atoms with Crippen LogP contribution in [0.1, 0.15) is 17.3 Å². The molecule has 0 radical (unpaired) electrons. The summed E-state index contributed by atoms with van der Waals surface area (Å²) >= 11 is 0. The van der Waals surface area contributed by atoms with Gasteiger partial charge in [-0.1, -0.05) is 18.2 Å². The molecular formula is C22H20N6O2. The standard InChI is InChI=1S/C22H20N6O2/c1-14(29)24-18-6-3-5-16(13-18)19-7-4-8-20-26-22(27-28(19)20)25-17-11-9-15(10-12-17)21(30)23-2/h3-13H,1-2H3,(H,23,30)(H,24,29)(H,25,27). The van der Waals surface area contributed by atoms with Crippen molar-refractivity contribution in [1.82, 2.24) is 19.9 Å². The van der Waals surface area contributed by atoms with Gasteiger partial charge in [0.15, 0.2) is 5.65 Å². The summed E-state index contributed by atoms with van der Waals surface area (Å²) in [7, 11) is 1.60. The number of hydrogen-bond acceptors (Lipinski definition) is 5. The van der Waals surface area contributed by atoms with Crippen LogP contribution in [-0.4, -0.2) is 33.5 Å². The van der Waals surface area contributed by atoms with Crippen molar-refractivity contribution in [3.63, 3.8) is 0 Å². The predicted molar refractivity (Wildman–Crippen MR) is 116 cm³/mol. The summed E-state index contributed by atoms with van der Waals surface area (Å²) in [5.41, 5.74) is 4.49. The summed E-state index contributed by atoms with van der Waals surface area (Å²) in [6.45, 7) is 1.48. The summed E-state index contributed by atoms with van der Waals surface area (Å²) in [6, 6.07) is 20.3. The average molecular weight is 400 g/mol. The van der Waals surface area contributed by atoms with Gasteiger partial charge in [-0.3, -0.25) is 9.59 Å². The highest BCUT2D eigenvalue weighted by atomic mass is 16.2. The molecule has 0 aliphatic rings. The Kier molecular flexibility index (Phi) is 5.13. The van der Waals surface area contributed by atoms with E-state index in [1.54, 1.807) is 35.8 Å². The van der Waals surface area contributed by atoms with Crippen molar-refractivity contribution < 1.29 is 9.59 Å². The normalized spacial score (nSPS) is 10.6. The minimum absolute atomic E-state index is 0.125.